The first-order valence-corrected chi connectivity index (χ1v) is 10.0. The summed E-state index contributed by atoms with van der Waals surface area (Å²) in [6.07, 6.45) is 8.03. The minimum atomic E-state index is -1.17. The highest BCUT2D eigenvalue weighted by molar-refractivity contribution is 5.91. The van der Waals surface area contributed by atoms with E-state index < -0.39 is 11.7 Å². The molecule has 25 heavy (non-hydrogen) atoms. The first-order valence-electron chi connectivity index (χ1n) is 10.0. The lowest BCUT2D eigenvalue weighted by molar-refractivity contribution is -0.184. The number of carbonyl (C=O) groups excluding carboxylic acids is 1. The number of fused-ring (bicyclic) bond motifs is 5. The van der Waals surface area contributed by atoms with Crippen LogP contribution in [0.3, 0.4) is 0 Å². The number of hydrogen-bond donors (Lipinski definition) is 3. The van der Waals surface area contributed by atoms with Crippen LogP contribution in [-0.2, 0) is 4.79 Å². The molecule has 0 spiro atoms. The summed E-state index contributed by atoms with van der Waals surface area (Å²) < 4.78 is 0. The standard InChI is InChI=1S/C21H32O4/c1-19-8-5-14(23)11-13(19)3-4-15-16(19)6-9-20(2)17(15)7-10-21(20,25)18(24)12-22/h11,15-18,22,24-25H,3-10,12H2,1-2H3/t15-,16+,17+,18-,19-,20-,21-/m0/s1. The first-order chi connectivity index (χ1) is 11.8. The normalized spacial score (nSPS) is 50.5. The Balaban J connectivity index is 1.67. The maximum absolute atomic E-state index is 11.9. The molecule has 0 aromatic carbocycles. The van der Waals surface area contributed by atoms with E-state index in [-0.39, 0.29) is 23.2 Å². The van der Waals surface area contributed by atoms with Gasteiger partial charge in [0, 0.05) is 11.8 Å². The van der Waals surface area contributed by atoms with Gasteiger partial charge in [0.2, 0.25) is 0 Å². The molecule has 4 aliphatic rings. The van der Waals surface area contributed by atoms with Crippen LogP contribution in [0.2, 0.25) is 0 Å². The maximum atomic E-state index is 11.9. The van der Waals surface area contributed by atoms with Crippen LogP contribution in [0.4, 0.5) is 0 Å². The molecular formula is C21H32O4. The minimum absolute atomic E-state index is 0.133. The predicted octanol–water partition coefficient (Wildman–Crippen LogP) is 2.60. The average molecular weight is 348 g/mol. The van der Waals surface area contributed by atoms with Crippen molar-refractivity contribution in [3.05, 3.63) is 11.6 Å². The smallest absolute Gasteiger partial charge is 0.155 e. The summed E-state index contributed by atoms with van der Waals surface area (Å²) in [6, 6.07) is 0. The molecule has 0 aliphatic heterocycles. The molecule has 4 aliphatic carbocycles. The van der Waals surface area contributed by atoms with Gasteiger partial charge in [-0.1, -0.05) is 19.4 Å². The molecule has 0 radical (unpaired) electrons. The Morgan fingerprint density at radius 2 is 1.84 bits per heavy atom. The molecule has 0 bridgehead atoms. The van der Waals surface area contributed by atoms with Gasteiger partial charge in [0.15, 0.2) is 5.78 Å². The van der Waals surface area contributed by atoms with Gasteiger partial charge in [0.25, 0.3) is 0 Å². The van der Waals surface area contributed by atoms with Gasteiger partial charge >= 0.3 is 0 Å². The number of aliphatic hydroxyl groups is 3. The van der Waals surface area contributed by atoms with Crippen LogP contribution < -0.4 is 0 Å². The van der Waals surface area contributed by atoms with Crippen molar-refractivity contribution < 1.29 is 20.1 Å². The number of rotatable bonds is 2. The van der Waals surface area contributed by atoms with E-state index in [1.807, 2.05) is 6.08 Å². The molecule has 4 rings (SSSR count). The van der Waals surface area contributed by atoms with Crippen LogP contribution in [0.5, 0.6) is 0 Å². The average Bonchev–Trinajstić information content (AvgIpc) is 2.87. The zero-order valence-corrected chi connectivity index (χ0v) is 15.5. The van der Waals surface area contributed by atoms with Crippen LogP contribution in [0.15, 0.2) is 11.6 Å². The number of aliphatic hydroxyl groups excluding tert-OH is 2. The molecule has 4 heteroatoms. The summed E-state index contributed by atoms with van der Waals surface area (Å²) in [5, 5.41) is 31.1. The minimum Gasteiger partial charge on any atom is -0.394 e. The van der Waals surface area contributed by atoms with E-state index in [0.717, 1.165) is 38.5 Å². The Hall–Kier alpha value is -0.710. The van der Waals surface area contributed by atoms with Crippen molar-refractivity contribution in [2.75, 3.05) is 6.61 Å². The Labute approximate surface area is 150 Å². The second-order valence-electron chi connectivity index (χ2n) is 9.59. The summed E-state index contributed by atoms with van der Waals surface area (Å²) in [4.78, 5) is 11.9. The van der Waals surface area contributed by atoms with Crippen LogP contribution in [0.25, 0.3) is 0 Å². The summed E-state index contributed by atoms with van der Waals surface area (Å²) in [5.74, 6) is 1.81. The van der Waals surface area contributed by atoms with E-state index in [4.69, 9.17) is 0 Å². The van der Waals surface area contributed by atoms with E-state index in [1.54, 1.807) is 0 Å². The Morgan fingerprint density at radius 3 is 2.56 bits per heavy atom. The highest BCUT2D eigenvalue weighted by Gasteiger charge is 2.65. The van der Waals surface area contributed by atoms with Crippen molar-refractivity contribution in [1.82, 2.24) is 0 Å². The number of allylic oxidation sites excluding steroid dienone is 1. The van der Waals surface area contributed by atoms with Crippen molar-refractivity contribution in [3.63, 3.8) is 0 Å². The fraction of sp³-hybridized carbons (Fsp3) is 0.857. The molecule has 3 saturated carbocycles. The number of hydrogen-bond acceptors (Lipinski definition) is 4. The van der Waals surface area contributed by atoms with Gasteiger partial charge in [-0.15, -0.1) is 0 Å². The van der Waals surface area contributed by atoms with E-state index in [1.165, 1.54) is 5.57 Å². The lowest BCUT2D eigenvalue weighted by Crippen LogP contribution is -2.59. The molecule has 0 aromatic heterocycles. The van der Waals surface area contributed by atoms with E-state index in [0.29, 0.717) is 30.6 Å². The molecule has 140 valence electrons. The Morgan fingerprint density at radius 1 is 1.12 bits per heavy atom. The van der Waals surface area contributed by atoms with E-state index >= 15 is 0 Å². The predicted molar refractivity (Wildman–Crippen MR) is 94.8 cm³/mol. The molecule has 3 fully saturated rings. The van der Waals surface area contributed by atoms with Crippen molar-refractivity contribution >= 4 is 5.78 Å². The van der Waals surface area contributed by atoms with E-state index in [9.17, 15) is 20.1 Å². The molecule has 0 amide bonds. The zero-order valence-electron chi connectivity index (χ0n) is 15.5. The van der Waals surface area contributed by atoms with Gasteiger partial charge in [-0.3, -0.25) is 4.79 Å². The van der Waals surface area contributed by atoms with Gasteiger partial charge in [0.05, 0.1) is 12.2 Å². The van der Waals surface area contributed by atoms with Crippen molar-refractivity contribution in [3.8, 4) is 0 Å². The Bertz CT molecular complexity index is 613. The second kappa shape index (κ2) is 5.64. The molecule has 0 heterocycles. The molecule has 0 saturated heterocycles. The highest BCUT2D eigenvalue weighted by Crippen LogP contribution is 2.67. The van der Waals surface area contributed by atoms with Crippen LogP contribution >= 0.6 is 0 Å². The van der Waals surface area contributed by atoms with Crippen LogP contribution in [-0.4, -0.2) is 39.4 Å². The van der Waals surface area contributed by atoms with Gasteiger partial charge in [-0.2, -0.15) is 0 Å². The molecule has 7 atom stereocenters. The van der Waals surface area contributed by atoms with Gasteiger partial charge < -0.3 is 15.3 Å². The lowest BCUT2D eigenvalue weighted by Gasteiger charge is -2.59. The van der Waals surface area contributed by atoms with Crippen molar-refractivity contribution in [2.45, 2.75) is 76.9 Å². The first kappa shape index (κ1) is 17.7. The fourth-order valence-corrected chi connectivity index (χ4v) is 7.31. The monoisotopic (exact) mass is 348 g/mol. The van der Waals surface area contributed by atoms with Crippen LogP contribution in [0, 0.1) is 28.6 Å². The SMILES string of the molecule is C[C@]12CCC(=O)C=C1CC[C@H]1[C@H]2CC[C@@]2(C)[C@@H]1CC[C@]2(O)[C@@H](O)CO. The summed E-state index contributed by atoms with van der Waals surface area (Å²) in [6.45, 7) is 4.12. The van der Waals surface area contributed by atoms with Gasteiger partial charge in [-0.25, -0.2) is 0 Å². The lowest BCUT2D eigenvalue weighted by atomic mass is 9.46. The third kappa shape index (κ3) is 2.20. The van der Waals surface area contributed by atoms with Gasteiger partial charge in [0.1, 0.15) is 6.10 Å². The second-order valence-corrected chi connectivity index (χ2v) is 9.59. The largest absolute Gasteiger partial charge is 0.394 e. The molecular weight excluding hydrogens is 316 g/mol. The van der Waals surface area contributed by atoms with Gasteiger partial charge in [-0.05, 0) is 74.2 Å². The van der Waals surface area contributed by atoms with E-state index in [2.05, 4.69) is 13.8 Å². The zero-order chi connectivity index (χ0) is 18.0. The summed E-state index contributed by atoms with van der Waals surface area (Å²) in [5.41, 5.74) is 0.00120. The third-order valence-electron chi connectivity index (χ3n) is 8.90. The summed E-state index contributed by atoms with van der Waals surface area (Å²) in [7, 11) is 0. The molecule has 0 aromatic rings. The molecule has 0 unspecified atom stereocenters. The molecule has 3 N–H and O–H groups in total. The fourth-order valence-electron chi connectivity index (χ4n) is 7.31. The third-order valence-corrected chi connectivity index (χ3v) is 8.90. The van der Waals surface area contributed by atoms with Crippen molar-refractivity contribution in [2.24, 2.45) is 28.6 Å². The Kier molecular flexibility index (Phi) is 3.99. The molecule has 4 nitrogen and oxygen atoms in total. The van der Waals surface area contributed by atoms with Crippen LogP contribution in [0.1, 0.15) is 65.2 Å². The number of ketones is 1. The topological polar surface area (TPSA) is 77.8 Å². The quantitative estimate of drug-likeness (QED) is 0.717. The highest BCUT2D eigenvalue weighted by atomic mass is 16.4. The number of carbonyl (C=O) groups is 1. The van der Waals surface area contributed by atoms with Crippen molar-refractivity contribution in [1.29, 1.82) is 0 Å². The maximum Gasteiger partial charge on any atom is 0.155 e. The summed E-state index contributed by atoms with van der Waals surface area (Å²) >= 11 is 0.